The van der Waals surface area contributed by atoms with Gasteiger partial charge in [-0.1, -0.05) is 30.3 Å². The summed E-state index contributed by atoms with van der Waals surface area (Å²) in [5.41, 5.74) is 1.23. The average Bonchev–Trinajstić information content (AvgIpc) is 2.79. The minimum atomic E-state index is 0.526. The van der Waals surface area contributed by atoms with Gasteiger partial charge >= 0.3 is 0 Å². The Labute approximate surface area is 98.3 Å². The molecular weight excluding hydrogens is 218 g/mol. The van der Waals surface area contributed by atoms with Gasteiger partial charge in [-0.05, 0) is 17.7 Å². The van der Waals surface area contributed by atoms with Crippen molar-refractivity contribution in [1.29, 1.82) is 0 Å². The normalized spacial score (nSPS) is 9.75. The molecule has 16 heavy (non-hydrogen) atoms. The third-order valence-corrected chi connectivity index (χ3v) is 3.45. The largest absolute Gasteiger partial charge is 0.234 e. The zero-order chi connectivity index (χ0) is 11.2. The molecule has 2 rings (SSSR count). The molecule has 0 unspecified atom stereocenters. The highest BCUT2D eigenvalue weighted by Crippen LogP contribution is 2.27. The molecule has 80 valence electrons. The van der Waals surface area contributed by atoms with E-state index in [1.807, 2.05) is 18.2 Å². The number of hydrogen-bond donors (Lipinski definition) is 0. The van der Waals surface area contributed by atoms with Gasteiger partial charge in [-0.15, -0.1) is 11.3 Å². The zero-order valence-electron chi connectivity index (χ0n) is 8.72. The van der Waals surface area contributed by atoms with Gasteiger partial charge in [0.05, 0.1) is 6.54 Å². The molecule has 0 aliphatic carbocycles. The van der Waals surface area contributed by atoms with Gasteiger partial charge in [0.25, 0.3) is 0 Å². The molecule has 0 saturated carbocycles. The first-order valence-corrected chi connectivity index (χ1v) is 5.89. The lowest BCUT2D eigenvalue weighted by Crippen LogP contribution is -1.83. The highest BCUT2D eigenvalue weighted by atomic mass is 32.1. The molecule has 1 heterocycles. The minimum absolute atomic E-state index is 0.526. The molecule has 0 bridgehead atoms. The zero-order valence-corrected chi connectivity index (χ0v) is 9.54. The summed E-state index contributed by atoms with van der Waals surface area (Å²) < 4.78 is 0. The third-order valence-electron chi connectivity index (χ3n) is 2.25. The van der Waals surface area contributed by atoms with Crippen LogP contribution in [0, 0.1) is 0 Å². The van der Waals surface area contributed by atoms with Crippen LogP contribution in [0.5, 0.6) is 0 Å². The molecule has 0 radical (unpaired) electrons. The molecule has 1 aromatic heterocycles. The predicted octanol–water partition coefficient (Wildman–Crippen LogP) is 3.29. The maximum absolute atomic E-state index is 9.93. The molecule has 0 fully saturated rings. The van der Waals surface area contributed by atoms with Gasteiger partial charge in [0.15, 0.2) is 0 Å². The second-order valence-electron chi connectivity index (χ2n) is 3.35. The third kappa shape index (κ3) is 2.66. The van der Waals surface area contributed by atoms with E-state index in [0.717, 1.165) is 6.42 Å². The topological polar surface area (TPSA) is 29.4 Å². The van der Waals surface area contributed by atoms with Gasteiger partial charge < -0.3 is 0 Å². The Morgan fingerprint density at radius 2 is 1.94 bits per heavy atom. The smallest absolute Gasteiger partial charge is 0.211 e. The van der Waals surface area contributed by atoms with Gasteiger partial charge in [0.1, 0.15) is 0 Å². The van der Waals surface area contributed by atoms with Crippen LogP contribution in [0.4, 0.5) is 0 Å². The van der Waals surface area contributed by atoms with E-state index in [-0.39, 0.29) is 0 Å². The fourth-order valence-corrected chi connectivity index (χ4v) is 2.48. The summed E-state index contributed by atoms with van der Waals surface area (Å²) in [6.07, 6.45) is 2.37. The number of carbonyl (C=O) groups excluding carboxylic acids is 1. The summed E-state index contributed by atoms with van der Waals surface area (Å²) in [7, 11) is 0. The number of aliphatic imine (C=N–C) groups is 1. The van der Waals surface area contributed by atoms with Crippen LogP contribution in [-0.4, -0.2) is 12.6 Å². The van der Waals surface area contributed by atoms with Crippen molar-refractivity contribution in [3.8, 4) is 10.4 Å². The van der Waals surface area contributed by atoms with E-state index in [1.54, 1.807) is 17.4 Å². The molecule has 3 heteroatoms. The Morgan fingerprint density at radius 3 is 2.69 bits per heavy atom. The van der Waals surface area contributed by atoms with Crippen molar-refractivity contribution >= 4 is 17.4 Å². The van der Waals surface area contributed by atoms with Gasteiger partial charge in [0, 0.05) is 16.2 Å². The summed E-state index contributed by atoms with van der Waals surface area (Å²) >= 11 is 1.75. The first-order chi connectivity index (χ1) is 7.90. The van der Waals surface area contributed by atoms with Gasteiger partial charge in [-0.2, -0.15) is 0 Å². The van der Waals surface area contributed by atoms with Gasteiger partial charge in [-0.3, -0.25) is 0 Å². The summed E-state index contributed by atoms with van der Waals surface area (Å²) in [6, 6.07) is 14.5. The molecule has 0 saturated heterocycles. The molecule has 2 aromatic rings. The molecule has 2 nitrogen and oxygen atoms in total. The highest BCUT2D eigenvalue weighted by molar-refractivity contribution is 7.15. The predicted molar refractivity (Wildman–Crippen MR) is 66.4 cm³/mol. The monoisotopic (exact) mass is 229 g/mol. The second kappa shape index (κ2) is 5.40. The average molecular weight is 229 g/mol. The van der Waals surface area contributed by atoms with E-state index >= 15 is 0 Å². The number of isocyanates is 1. The molecule has 1 aromatic carbocycles. The Hall–Kier alpha value is -1.70. The van der Waals surface area contributed by atoms with E-state index < -0.39 is 0 Å². The minimum Gasteiger partial charge on any atom is -0.211 e. The Balaban J connectivity index is 2.11. The van der Waals surface area contributed by atoms with Crippen LogP contribution in [0.1, 0.15) is 4.88 Å². The van der Waals surface area contributed by atoms with E-state index in [1.165, 1.54) is 15.3 Å². The number of rotatable bonds is 4. The van der Waals surface area contributed by atoms with Crippen LogP contribution < -0.4 is 0 Å². The molecule has 0 aliphatic heterocycles. The molecule has 0 N–H and O–H groups in total. The SMILES string of the molecule is O=C=NCCc1ccc(-c2ccccc2)s1. The first kappa shape index (κ1) is 10.8. The van der Waals surface area contributed by atoms with E-state index in [0.29, 0.717) is 6.54 Å². The van der Waals surface area contributed by atoms with Crippen molar-refractivity contribution in [3.63, 3.8) is 0 Å². The van der Waals surface area contributed by atoms with Crippen LogP contribution in [0.3, 0.4) is 0 Å². The van der Waals surface area contributed by atoms with E-state index in [4.69, 9.17) is 0 Å². The van der Waals surface area contributed by atoms with Crippen molar-refractivity contribution in [1.82, 2.24) is 0 Å². The van der Waals surface area contributed by atoms with Crippen LogP contribution in [0.2, 0.25) is 0 Å². The quantitative estimate of drug-likeness (QED) is 0.584. The number of thiophene rings is 1. The van der Waals surface area contributed by atoms with Crippen molar-refractivity contribution in [3.05, 3.63) is 47.3 Å². The lowest BCUT2D eigenvalue weighted by molar-refractivity contribution is 0.563. The lowest BCUT2D eigenvalue weighted by Gasteiger charge is -1.94. The lowest BCUT2D eigenvalue weighted by atomic mass is 10.2. The standard InChI is InChI=1S/C13H11NOS/c15-10-14-9-8-12-6-7-13(16-12)11-4-2-1-3-5-11/h1-7H,8-9H2. The molecule has 0 atom stereocenters. The van der Waals surface area contributed by atoms with E-state index in [2.05, 4.69) is 29.3 Å². The highest BCUT2D eigenvalue weighted by Gasteiger charge is 2.01. The Morgan fingerprint density at radius 1 is 1.12 bits per heavy atom. The summed E-state index contributed by atoms with van der Waals surface area (Å²) in [5, 5.41) is 0. The fraction of sp³-hybridized carbons (Fsp3) is 0.154. The molecular formula is C13H11NOS. The maximum atomic E-state index is 9.93. The number of benzene rings is 1. The van der Waals surface area contributed by atoms with Crippen LogP contribution in [0.25, 0.3) is 10.4 Å². The van der Waals surface area contributed by atoms with Crippen LogP contribution in [-0.2, 0) is 11.2 Å². The summed E-state index contributed by atoms with van der Waals surface area (Å²) in [6.45, 7) is 0.526. The van der Waals surface area contributed by atoms with Crippen LogP contribution >= 0.6 is 11.3 Å². The summed E-state index contributed by atoms with van der Waals surface area (Å²) in [5.74, 6) is 0. The second-order valence-corrected chi connectivity index (χ2v) is 4.52. The first-order valence-electron chi connectivity index (χ1n) is 5.08. The van der Waals surface area contributed by atoms with Gasteiger partial charge in [0.2, 0.25) is 6.08 Å². The number of hydrogen-bond acceptors (Lipinski definition) is 3. The van der Waals surface area contributed by atoms with Gasteiger partial charge in [-0.25, -0.2) is 9.79 Å². The fourth-order valence-electron chi connectivity index (χ4n) is 1.48. The molecule has 0 spiro atoms. The van der Waals surface area contributed by atoms with Crippen molar-refractivity contribution in [2.45, 2.75) is 6.42 Å². The maximum Gasteiger partial charge on any atom is 0.234 e. The molecule has 0 amide bonds. The Kier molecular flexibility index (Phi) is 3.65. The Bertz CT molecular complexity index is 498. The van der Waals surface area contributed by atoms with Crippen molar-refractivity contribution in [2.24, 2.45) is 4.99 Å². The van der Waals surface area contributed by atoms with E-state index in [9.17, 15) is 4.79 Å². The summed E-state index contributed by atoms with van der Waals surface area (Å²) in [4.78, 5) is 16.0. The molecule has 0 aliphatic rings. The van der Waals surface area contributed by atoms with Crippen LogP contribution in [0.15, 0.2) is 47.5 Å². The number of nitrogens with zero attached hydrogens (tertiary/aromatic N) is 1. The van der Waals surface area contributed by atoms with Crippen molar-refractivity contribution < 1.29 is 4.79 Å². The van der Waals surface area contributed by atoms with Crippen molar-refractivity contribution in [2.75, 3.05) is 6.54 Å².